The Morgan fingerprint density at radius 3 is 2.35 bits per heavy atom. The molecule has 1 heterocycles. The van der Waals surface area contributed by atoms with Gasteiger partial charge in [-0.25, -0.2) is 4.79 Å². The molecule has 0 saturated carbocycles. The average Bonchev–Trinajstić information content (AvgIpc) is 3.36. The Morgan fingerprint density at radius 1 is 0.941 bits per heavy atom. The fourth-order valence-electron chi connectivity index (χ4n) is 3.35. The van der Waals surface area contributed by atoms with Gasteiger partial charge < -0.3 is 24.6 Å². The first-order chi connectivity index (χ1) is 16.6. The lowest BCUT2D eigenvalue weighted by molar-refractivity contribution is -0.133. The van der Waals surface area contributed by atoms with Crippen LogP contribution in [0.5, 0.6) is 5.75 Å². The number of carbonyl (C=O) groups is 2. The summed E-state index contributed by atoms with van der Waals surface area (Å²) in [5.41, 5.74) is 1.66. The van der Waals surface area contributed by atoms with Gasteiger partial charge in [-0.15, -0.1) is 11.3 Å². The number of hydrogen-bond acceptors (Lipinski definition) is 5. The van der Waals surface area contributed by atoms with Crippen LogP contribution in [-0.2, 0) is 22.6 Å². The molecule has 0 unspecified atom stereocenters. The van der Waals surface area contributed by atoms with E-state index in [4.69, 9.17) is 9.47 Å². The summed E-state index contributed by atoms with van der Waals surface area (Å²) in [4.78, 5) is 30.7. The maximum absolute atomic E-state index is 13.4. The Labute approximate surface area is 204 Å². The Kier molecular flexibility index (Phi) is 9.94. The number of amides is 3. The SMILES string of the molecule is CCOc1ccc(NC(=O)N(CCOC)CC(=O)N(Cc2ccccc2)Cc2cccs2)cc1. The number of nitrogens with one attached hydrogen (secondary N) is 1. The molecule has 3 rings (SSSR count). The molecule has 7 nitrogen and oxygen atoms in total. The molecule has 0 radical (unpaired) electrons. The van der Waals surface area contributed by atoms with Crippen LogP contribution in [0.4, 0.5) is 10.5 Å². The Morgan fingerprint density at radius 2 is 1.71 bits per heavy atom. The number of methoxy groups -OCH3 is 1. The number of hydrogen-bond donors (Lipinski definition) is 1. The van der Waals surface area contributed by atoms with E-state index in [-0.39, 0.29) is 18.5 Å². The van der Waals surface area contributed by atoms with Crippen LogP contribution in [-0.4, -0.2) is 55.2 Å². The lowest BCUT2D eigenvalue weighted by atomic mass is 10.2. The average molecular weight is 482 g/mol. The van der Waals surface area contributed by atoms with Crippen LogP contribution >= 0.6 is 11.3 Å². The highest BCUT2D eigenvalue weighted by molar-refractivity contribution is 7.09. The standard InChI is InChI=1S/C26H31N3O4S/c1-3-33-23-13-11-22(12-14-23)27-26(31)28(15-16-32-2)20-25(30)29(19-24-10-7-17-34-24)18-21-8-5-4-6-9-21/h4-14,17H,3,15-16,18-20H2,1-2H3,(H,27,31). The molecule has 0 aliphatic heterocycles. The summed E-state index contributed by atoms with van der Waals surface area (Å²) in [6, 6.07) is 20.6. The van der Waals surface area contributed by atoms with Crippen LogP contribution in [0.15, 0.2) is 72.1 Å². The Bertz CT molecular complexity index is 1010. The molecule has 34 heavy (non-hydrogen) atoms. The Hall–Kier alpha value is -3.36. The zero-order valence-corrected chi connectivity index (χ0v) is 20.4. The smallest absolute Gasteiger partial charge is 0.322 e. The van der Waals surface area contributed by atoms with Gasteiger partial charge in [-0.05, 0) is 48.2 Å². The van der Waals surface area contributed by atoms with Crippen molar-refractivity contribution in [3.05, 3.63) is 82.6 Å². The topological polar surface area (TPSA) is 71.1 Å². The maximum Gasteiger partial charge on any atom is 0.322 e. The highest BCUT2D eigenvalue weighted by Gasteiger charge is 2.22. The summed E-state index contributed by atoms with van der Waals surface area (Å²) in [6.07, 6.45) is 0. The first kappa shape index (κ1) is 25.3. The molecule has 0 bridgehead atoms. The second-order valence-electron chi connectivity index (χ2n) is 7.62. The normalized spacial score (nSPS) is 10.5. The third-order valence-electron chi connectivity index (χ3n) is 5.09. The van der Waals surface area contributed by atoms with E-state index in [1.807, 2.05) is 54.8 Å². The summed E-state index contributed by atoms with van der Waals surface area (Å²) in [6.45, 7) is 4.02. The van der Waals surface area contributed by atoms with Gasteiger partial charge in [0, 0.05) is 30.8 Å². The number of anilines is 1. The molecule has 3 aromatic rings. The third-order valence-corrected chi connectivity index (χ3v) is 5.95. The van der Waals surface area contributed by atoms with Gasteiger partial charge in [-0.3, -0.25) is 4.79 Å². The van der Waals surface area contributed by atoms with Crippen molar-refractivity contribution in [2.45, 2.75) is 20.0 Å². The van der Waals surface area contributed by atoms with E-state index in [0.717, 1.165) is 16.2 Å². The van der Waals surface area contributed by atoms with Gasteiger partial charge in [0.15, 0.2) is 0 Å². The number of carbonyl (C=O) groups excluding carboxylic acids is 2. The summed E-state index contributed by atoms with van der Waals surface area (Å²) in [5.74, 6) is 0.604. The first-order valence-corrected chi connectivity index (χ1v) is 12.1. The first-order valence-electron chi connectivity index (χ1n) is 11.2. The molecular formula is C26H31N3O4S. The minimum Gasteiger partial charge on any atom is -0.494 e. The van der Waals surface area contributed by atoms with Crippen molar-refractivity contribution in [3.8, 4) is 5.75 Å². The van der Waals surface area contributed by atoms with E-state index in [1.54, 1.807) is 47.6 Å². The van der Waals surface area contributed by atoms with Crippen molar-refractivity contribution in [1.29, 1.82) is 0 Å². The zero-order chi connectivity index (χ0) is 24.2. The van der Waals surface area contributed by atoms with Gasteiger partial charge in [0.25, 0.3) is 0 Å². The zero-order valence-electron chi connectivity index (χ0n) is 19.6. The summed E-state index contributed by atoms with van der Waals surface area (Å²) >= 11 is 1.61. The highest BCUT2D eigenvalue weighted by Crippen LogP contribution is 2.17. The summed E-state index contributed by atoms with van der Waals surface area (Å²) in [5, 5.41) is 4.86. The van der Waals surface area contributed by atoms with Crippen LogP contribution < -0.4 is 10.1 Å². The number of benzene rings is 2. The van der Waals surface area contributed by atoms with Gasteiger partial charge in [-0.2, -0.15) is 0 Å². The minimum absolute atomic E-state index is 0.0512. The van der Waals surface area contributed by atoms with Crippen molar-refractivity contribution in [1.82, 2.24) is 9.80 Å². The number of thiophene rings is 1. The van der Waals surface area contributed by atoms with E-state index >= 15 is 0 Å². The minimum atomic E-state index is -0.356. The quantitative estimate of drug-likeness (QED) is 0.401. The predicted molar refractivity (Wildman–Crippen MR) is 135 cm³/mol. The number of ether oxygens (including phenoxy) is 2. The summed E-state index contributed by atoms with van der Waals surface area (Å²) < 4.78 is 10.6. The lowest BCUT2D eigenvalue weighted by Gasteiger charge is -2.27. The van der Waals surface area contributed by atoms with Crippen LogP contribution in [0.2, 0.25) is 0 Å². The Balaban J connectivity index is 1.70. The molecular weight excluding hydrogens is 450 g/mol. The molecule has 2 aromatic carbocycles. The van der Waals surface area contributed by atoms with Gasteiger partial charge in [0.2, 0.25) is 5.91 Å². The van der Waals surface area contributed by atoms with E-state index < -0.39 is 0 Å². The molecule has 8 heteroatoms. The molecule has 0 saturated heterocycles. The van der Waals surface area contributed by atoms with Crippen LogP contribution in [0.25, 0.3) is 0 Å². The van der Waals surface area contributed by atoms with E-state index in [2.05, 4.69) is 5.32 Å². The fourth-order valence-corrected chi connectivity index (χ4v) is 4.07. The molecule has 3 amide bonds. The summed E-state index contributed by atoms with van der Waals surface area (Å²) in [7, 11) is 1.57. The molecule has 1 N–H and O–H groups in total. The van der Waals surface area contributed by atoms with E-state index in [9.17, 15) is 9.59 Å². The fraction of sp³-hybridized carbons (Fsp3) is 0.308. The molecule has 0 aliphatic carbocycles. The number of nitrogens with zero attached hydrogens (tertiary/aromatic N) is 2. The van der Waals surface area contributed by atoms with Crippen molar-refractivity contribution in [2.24, 2.45) is 0 Å². The highest BCUT2D eigenvalue weighted by atomic mass is 32.1. The van der Waals surface area contributed by atoms with E-state index in [1.165, 1.54) is 4.90 Å². The second-order valence-corrected chi connectivity index (χ2v) is 8.65. The van der Waals surface area contributed by atoms with Crippen molar-refractivity contribution < 1.29 is 19.1 Å². The largest absolute Gasteiger partial charge is 0.494 e. The van der Waals surface area contributed by atoms with Gasteiger partial charge >= 0.3 is 6.03 Å². The molecule has 1 aromatic heterocycles. The third kappa shape index (κ3) is 7.90. The number of rotatable bonds is 12. The van der Waals surface area contributed by atoms with Gasteiger partial charge in [0.05, 0.1) is 19.8 Å². The maximum atomic E-state index is 13.4. The second kappa shape index (κ2) is 13.4. The monoisotopic (exact) mass is 481 g/mol. The number of urea groups is 1. The molecule has 180 valence electrons. The molecule has 0 aliphatic rings. The molecule has 0 spiro atoms. The van der Waals surface area contributed by atoms with Crippen LogP contribution in [0.1, 0.15) is 17.4 Å². The van der Waals surface area contributed by atoms with Gasteiger partial charge in [-0.1, -0.05) is 36.4 Å². The molecule has 0 fully saturated rings. The van der Waals surface area contributed by atoms with Crippen molar-refractivity contribution in [2.75, 3.05) is 38.7 Å². The molecule has 0 atom stereocenters. The lowest BCUT2D eigenvalue weighted by Crippen LogP contribution is -2.45. The van der Waals surface area contributed by atoms with Gasteiger partial charge in [0.1, 0.15) is 12.3 Å². The van der Waals surface area contributed by atoms with Crippen LogP contribution in [0, 0.1) is 0 Å². The van der Waals surface area contributed by atoms with E-state index in [0.29, 0.717) is 38.5 Å². The predicted octanol–water partition coefficient (Wildman–Crippen LogP) is 4.86. The van der Waals surface area contributed by atoms with Crippen molar-refractivity contribution >= 4 is 29.0 Å². The van der Waals surface area contributed by atoms with Crippen LogP contribution in [0.3, 0.4) is 0 Å². The van der Waals surface area contributed by atoms with Crippen molar-refractivity contribution in [3.63, 3.8) is 0 Å².